The average molecular weight is 376 g/mol. The van der Waals surface area contributed by atoms with E-state index in [4.69, 9.17) is 25.8 Å². The third-order valence-electron chi connectivity index (χ3n) is 3.26. The highest BCUT2D eigenvalue weighted by molar-refractivity contribution is 6.30. The van der Waals surface area contributed by atoms with Crippen LogP contribution in [0.5, 0.6) is 11.5 Å². The number of hydrogen-bond donors (Lipinski definition) is 1. The number of benzene rings is 2. The number of hydrogen-bond acceptors (Lipinski definition) is 5. The zero-order chi connectivity index (χ0) is 18.9. The maximum Gasteiger partial charge on any atom is 0.331 e. The molecule has 0 spiro atoms. The number of nitrogens with one attached hydrogen (secondary N) is 1. The summed E-state index contributed by atoms with van der Waals surface area (Å²) in [4.78, 5) is 23.5. The highest BCUT2D eigenvalue weighted by Gasteiger charge is 2.06. The summed E-state index contributed by atoms with van der Waals surface area (Å²) in [6.07, 6.45) is 2.77. The molecule has 0 aliphatic rings. The molecule has 0 radical (unpaired) electrons. The minimum absolute atomic E-state index is 0.396. The molecule has 2 rings (SSSR count). The summed E-state index contributed by atoms with van der Waals surface area (Å²) < 4.78 is 15.2. The molecule has 136 valence electrons. The standard InChI is InChI=1S/C19H18ClNO5/c1-24-16-9-13(10-17(11-16)25-2)3-8-19(23)26-12-18(22)21-15-6-4-14(20)5-7-15/h3-11H,12H2,1-2H3,(H,21,22)/b8-3+. The number of anilines is 1. The van der Waals surface area contributed by atoms with Crippen LogP contribution in [0.1, 0.15) is 5.56 Å². The Hall–Kier alpha value is -2.99. The fourth-order valence-corrected chi connectivity index (χ4v) is 2.13. The summed E-state index contributed by atoms with van der Waals surface area (Å²) >= 11 is 5.77. The van der Waals surface area contributed by atoms with E-state index in [1.54, 1.807) is 48.5 Å². The summed E-state index contributed by atoms with van der Waals surface area (Å²) in [6.45, 7) is -0.396. The van der Waals surface area contributed by atoms with Crippen LogP contribution in [-0.2, 0) is 14.3 Å². The van der Waals surface area contributed by atoms with E-state index in [9.17, 15) is 9.59 Å². The van der Waals surface area contributed by atoms with Crippen LogP contribution in [0.15, 0.2) is 48.5 Å². The zero-order valence-corrected chi connectivity index (χ0v) is 15.1. The van der Waals surface area contributed by atoms with Crippen LogP contribution in [0.25, 0.3) is 6.08 Å². The first kappa shape index (κ1) is 19.3. The van der Waals surface area contributed by atoms with Gasteiger partial charge in [-0.2, -0.15) is 0 Å². The molecular formula is C19H18ClNO5. The number of carbonyl (C=O) groups is 2. The van der Waals surface area contributed by atoms with Gasteiger partial charge >= 0.3 is 5.97 Å². The van der Waals surface area contributed by atoms with Gasteiger partial charge in [-0.1, -0.05) is 11.6 Å². The summed E-state index contributed by atoms with van der Waals surface area (Å²) in [7, 11) is 3.08. The molecule has 0 saturated heterocycles. The summed E-state index contributed by atoms with van der Waals surface area (Å²) in [5.74, 6) is 0.106. The third-order valence-corrected chi connectivity index (χ3v) is 3.51. The molecule has 0 aliphatic heterocycles. The monoisotopic (exact) mass is 375 g/mol. The van der Waals surface area contributed by atoms with Crippen LogP contribution < -0.4 is 14.8 Å². The van der Waals surface area contributed by atoms with Gasteiger partial charge in [-0.3, -0.25) is 4.79 Å². The lowest BCUT2D eigenvalue weighted by Crippen LogP contribution is -2.20. The van der Waals surface area contributed by atoms with Crippen molar-refractivity contribution in [1.82, 2.24) is 0 Å². The highest BCUT2D eigenvalue weighted by Crippen LogP contribution is 2.23. The Morgan fingerprint density at radius 2 is 1.65 bits per heavy atom. The number of esters is 1. The van der Waals surface area contributed by atoms with Crippen molar-refractivity contribution in [3.63, 3.8) is 0 Å². The molecule has 0 saturated carbocycles. The van der Waals surface area contributed by atoms with Crippen molar-refractivity contribution in [3.05, 3.63) is 59.1 Å². The lowest BCUT2D eigenvalue weighted by Gasteiger charge is -2.06. The lowest BCUT2D eigenvalue weighted by atomic mass is 10.2. The van der Waals surface area contributed by atoms with Gasteiger partial charge in [-0.15, -0.1) is 0 Å². The predicted octanol–water partition coefficient (Wildman–Crippen LogP) is 3.55. The van der Waals surface area contributed by atoms with Crippen molar-refractivity contribution in [3.8, 4) is 11.5 Å². The molecule has 0 unspecified atom stereocenters. The first-order chi connectivity index (χ1) is 12.5. The maximum atomic E-state index is 11.8. The van der Waals surface area contributed by atoms with Crippen molar-refractivity contribution in [2.75, 3.05) is 26.1 Å². The topological polar surface area (TPSA) is 73.9 Å². The fraction of sp³-hybridized carbons (Fsp3) is 0.158. The van der Waals surface area contributed by atoms with Gasteiger partial charge in [0.05, 0.1) is 14.2 Å². The average Bonchev–Trinajstić information content (AvgIpc) is 2.66. The number of carbonyl (C=O) groups excluding carboxylic acids is 2. The quantitative estimate of drug-likeness (QED) is 0.591. The van der Waals surface area contributed by atoms with E-state index in [0.717, 1.165) is 0 Å². The smallest absolute Gasteiger partial charge is 0.331 e. The van der Waals surface area contributed by atoms with E-state index in [1.165, 1.54) is 20.3 Å². The molecule has 26 heavy (non-hydrogen) atoms. The molecule has 0 fully saturated rings. The first-order valence-corrected chi connectivity index (χ1v) is 8.01. The van der Waals surface area contributed by atoms with Gasteiger partial charge in [0.2, 0.25) is 0 Å². The number of rotatable bonds is 7. The Labute approximate surface area is 156 Å². The van der Waals surface area contributed by atoms with E-state index in [2.05, 4.69) is 5.32 Å². The molecule has 1 N–H and O–H groups in total. The molecule has 6 nitrogen and oxygen atoms in total. The Morgan fingerprint density at radius 1 is 1.04 bits per heavy atom. The normalized spacial score (nSPS) is 10.4. The minimum Gasteiger partial charge on any atom is -0.497 e. The largest absolute Gasteiger partial charge is 0.497 e. The molecule has 1 amide bonds. The van der Waals surface area contributed by atoms with Crippen molar-refractivity contribution in [2.45, 2.75) is 0 Å². The van der Waals surface area contributed by atoms with Gasteiger partial charge in [0.15, 0.2) is 6.61 Å². The summed E-state index contributed by atoms with van der Waals surface area (Å²) in [5, 5.41) is 3.16. The number of amides is 1. The molecule has 0 bridgehead atoms. The van der Waals surface area contributed by atoms with Crippen molar-refractivity contribution in [1.29, 1.82) is 0 Å². The fourth-order valence-electron chi connectivity index (χ4n) is 2.01. The van der Waals surface area contributed by atoms with E-state index in [-0.39, 0.29) is 0 Å². The van der Waals surface area contributed by atoms with Crippen LogP contribution in [-0.4, -0.2) is 32.7 Å². The van der Waals surface area contributed by atoms with Gasteiger partial charge in [0.25, 0.3) is 5.91 Å². The summed E-state index contributed by atoms with van der Waals surface area (Å²) in [5.41, 5.74) is 1.26. The molecule has 2 aromatic rings. The van der Waals surface area contributed by atoms with Gasteiger partial charge in [0, 0.05) is 22.9 Å². The number of halogens is 1. The molecule has 7 heteroatoms. The van der Waals surface area contributed by atoms with Crippen LogP contribution in [0.3, 0.4) is 0 Å². The van der Waals surface area contributed by atoms with Gasteiger partial charge in [-0.25, -0.2) is 4.79 Å². The molecule has 0 atom stereocenters. The highest BCUT2D eigenvalue weighted by atomic mass is 35.5. The SMILES string of the molecule is COc1cc(/C=C/C(=O)OCC(=O)Nc2ccc(Cl)cc2)cc(OC)c1. The number of ether oxygens (including phenoxy) is 3. The van der Waals surface area contributed by atoms with E-state index < -0.39 is 18.5 Å². The van der Waals surface area contributed by atoms with Crippen LogP contribution >= 0.6 is 11.6 Å². The van der Waals surface area contributed by atoms with E-state index in [1.807, 2.05) is 0 Å². The number of methoxy groups -OCH3 is 2. The second-order valence-electron chi connectivity index (χ2n) is 5.14. The van der Waals surface area contributed by atoms with Gasteiger partial charge < -0.3 is 19.5 Å². The molecule has 0 heterocycles. The maximum absolute atomic E-state index is 11.8. The van der Waals surface area contributed by atoms with E-state index >= 15 is 0 Å². The second-order valence-corrected chi connectivity index (χ2v) is 5.58. The van der Waals surface area contributed by atoms with Crippen LogP contribution in [0, 0.1) is 0 Å². The Balaban J connectivity index is 1.87. The second kappa shape index (κ2) is 9.48. The van der Waals surface area contributed by atoms with Gasteiger partial charge in [0.1, 0.15) is 11.5 Å². The van der Waals surface area contributed by atoms with Crippen LogP contribution in [0.2, 0.25) is 5.02 Å². The molecule has 0 aliphatic carbocycles. The Bertz CT molecular complexity index is 780. The molecular weight excluding hydrogens is 358 g/mol. The third kappa shape index (κ3) is 6.14. The lowest BCUT2D eigenvalue weighted by molar-refractivity contribution is -0.142. The zero-order valence-electron chi connectivity index (χ0n) is 14.3. The van der Waals surface area contributed by atoms with Crippen molar-refractivity contribution >= 4 is 35.2 Å². The van der Waals surface area contributed by atoms with Crippen molar-refractivity contribution < 1.29 is 23.8 Å². The first-order valence-electron chi connectivity index (χ1n) is 7.63. The van der Waals surface area contributed by atoms with Crippen LogP contribution in [0.4, 0.5) is 5.69 Å². The van der Waals surface area contributed by atoms with Gasteiger partial charge in [-0.05, 0) is 48.0 Å². The molecule has 0 aromatic heterocycles. The molecule has 2 aromatic carbocycles. The van der Waals surface area contributed by atoms with E-state index in [0.29, 0.717) is 27.8 Å². The predicted molar refractivity (Wildman–Crippen MR) is 99.6 cm³/mol. The van der Waals surface area contributed by atoms with Crippen molar-refractivity contribution in [2.24, 2.45) is 0 Å². The summed E-state index contributed by atoms with van der Waals surface area (Å²) in [6, 6.07) is 11.8. The Kier molecular flexibility index (Phi) is 7.05. The Morgan fingerprint density at radius 3 is 2.23 bits per heavy atom. The minimum atomic E-state index is -0.641.